The summed E-state index contributed by atoms with van der Waals surface area (Å²) >= 11 is 0. The summed E-state index contributed by atoms with van der Waals surface area (Å²) in [6, 6.07) is 11.0. The Bertz CT molecular complexity index is 825. The van der Waals surface area contributed by atoms with Crippen LogP contribution < -0.4 is 14.2 Å². The second-order valence-electron chi connectivity index (χ2n) is 7.04. The highest BCUT2D eigenvalue weighted by molar-refractivity contribution is 6.06. The first-order valence-corrected chi connectivity index (χ1v) is 10.4. The van der Waals surface area contributed by atoms with Gasteiger partial charge in [-0.25, -0.2) is 0 Å². The first-order valence-electron chi connectivity index (χ1n) is 10.4. The van der Waals surface area contributed by atoms with Gasteiger partial charge in [0.25, 0.3) is 0 Å². The van der Waals surface area contributed by atoms with Gasteiger partial charge in [-0.05, 0) is 60.9 Å². The number of hydrogen-bond acceptors (Lipinski definition) is 4. The normalized spacial score (nSPS) is 10.8. The molecule has 0 saturated carbocycles. The van der Waals surface area contributed by atoms with Crippen molar-refractivity contribution in [2.45, 2.75) is 39.0 Å². The molecule has 30 heavy (non-hydrogen) atoms. The lowest BCUT2D eigenvalue weighted by molar-refractivity contribution is 0.104. The van der Waals surface area contributed by atoms with Gasteiger partial charge in [-0.1, -0.05) is 44.9 Å². The molecule has 0 N–H and O–H groups in total. The van der Waals surface area contributed by atoms with Gasteiger partial charge in [0.1, 0.15) is 23.9 Å². The molecule has 2 aromatic carbocycles. The van der Waals surface area contributed by atoms with Gasteiger partial charge in [0.15, 0.2) is 5.78 Å². The smallest absolute Gasteiger partial charge is 0.185 e. The van der Waals surface area contributed by atoms with Gasteiger partial charge in [0.05, 0.1) is 14.2 Å². The Labute approximate surface area is 180 Å². The fourth-order valence-electron chi connectivity index (χ4n) is 3.21. The number of carbonyl (C=O) groups excluding carboxylic acids is 1. The predicted octanol–water partition coefficient (Wildman–Crippen LogP) is 6.29. The Balaban J connectivity index is 2.13. The van der Waals surface area contributed by atoms with E-state index in [-0.39, 0.29) is 5.78 Å². The molecule has 0 atom stereocenters. The highest BCUT2D eigenvalue weighted by Gasteiger charge is 2.12. The molecule has 0 aliphatic heterocycles. The van der Waals surface area contributed by atoms with E-state index in [1.165, 1.54) is 19.3 Å². The second kappa shape index (κ2) is 12.5. The van der Waals surface area contributed by atoms with Gasteiger partial charge in [0.2, 0.25) is 0 Å². The maximum absolute atomic E-state index is 12.5. The number of ether oxygens (including phenoxy) is 3. The Morgan fingerprint density at radius 3 is 2.23 bits per heavy atom. The van der Waals surface area contributed by atoms with E-state index in [1.807, 2.05) is 12.1 Å². The van der Waals surface area contributed by atoms with Crippen molar-refractivity contribution < 1.29 is 19.0 Å². The summed E-state index contributed by atoms with van der Waals surface area (Å²) in [4.78, 5) is 12.5. The Hall–Kier alpha value is -3.01. The molecule has 0 aliphatic rings. The van der Waals surface area contributed by atoms with Gasteiger partial charge in [-0.3, -0.25) is 4.79 Å². The van der Waals surface area contributed by atoms with Gasteiger partial charge in [0, 0.05) is 11.1 Å². The molecular formula is C26H32O4. The third-order valence-corrected chi connectivity index (χ3v) is 4.84. The van der Waals surface area contributed by atoms with E-state index in [1.54, 1.807) is 56.7 Å². The first kappa shape index (κ1) is 23.3. The highest BCUT2D eigenvalue weighted by atomic mass is 16.5. The van der Waals surface area contributed by atoms with E-state index in [9.17, 15) is 4.79 Å². The van der Waals surface area contributed by atoms with Crippen LogP contribution >= 0.6 is 0 Å². The number of ketones is 1. The second-order valence-corrected chi connectivity index (χ2v) is 7.04. The number of methoxy groups -OCH3 is 2. The van der Waals surface area contributed by atoms with Crippen LogP contribution in [0.4, 0.5) is 0 Å². The Morgan fingerprint density at radius 1 is 1.00 bits per heavy atom. The lowest BCUT2D eigenvalue weighted by atomic mass is 10.0. The molecule has 2 aromatic rings. The van der Waals surface area contributed by atoms with Crippen LogP contribution in [0.5, 0.6) is 17.2 Å². The standard InChI is InChI=1S/C26H32O4/c1-5-7-8-9-10-23-25(28-3)18-20(19-26(23)29-4)11-16-24(27)21-12-14-22(15-13-21)30-17-6-2/h6,11-16,18-19H,2,5,7-10,17H2,1,3-4H3/b16-11+. The van der Waals surface area contributed by atoms with E-state index in [4.69, 9.17) is 14.2 Å². The minimum atomic E-state index is -0.0770. The summed E-state index contributed by atoms with van der Waals surface area (Å²) in [7, 11) is 3.33. The molecule has 0 saturated heterocycles. The number of rotatable bonds is 13. The number of hydrogen-bond donors (Lipinski definition) is 0. The fourth-order valence-corrected chi connectivity index (χ4v) is 3.21. The van der Waals surface area contributed by atoms with Crippen molar-refractivity contribution in [2.24, 2.45) is 0 Å². The van der Waals surface area contributed by atoms with Gasteiger partial charge < -0.3 is 14.2 Å². The molecule has 0 amide bonds. The van der Waals surface area contributed by atoms with Crippen molar-refractivity contribution in [3.8, 4) is 17.2 Å². The van der Waals surface area contributed by atoms with Crippen LogP contribution in [0.2, 0.25) is 0 Å². The first-order chi connectivity index (χ1) is 14.6. The summed E-state index contributed by atoms with van der Waals surface area (Å²) in [5.74, 6) is 2.22. The molecular weight excluding hydrogens is 376 g/mol. The lowest BCUT2D eigenvalue weighted by Crippen LogP contribution is -1.99. The third kappa shape index (κ3) is 6.80. The van der Waals surface area contributed by atoms with Gasteiger partial charge in [-0.15, -0.1) is 0 Å². The molecule has 0 heterocycles. The monoisotopic (exact) mass is 408 g/mol. The van der Waals surface area contributed by atoms with Crippen molar-refractivity contribution in [3.63, 3.8) is 0 Å². The van der Waals surface area contributed by atoms with Crippen LogP contribution in [0.25, 0.3) is 6.08 Å². The number of allylic oxidation sites excluding steroid dienone is 1. The van der Waals surface area contributed by atoms with Crippen molar-refractivity contribution in [1.29, 1.82) is 0 Å². The van der Waals surface area contributed by atoms with E-state index in [0.717, 1.165) is 35.5 Å². The molecule has 0 unspecified atom stereocenters. The summed E-state index contributed by atoms with van der Waals surface area (Å²) in [6.07, 6.45) is 10.7. The summed E-state index contributed by atoms with van der Waals surface area (Å²) in [6.45, 7) is 6.26. The molecule has 2 rings (SSSR count). The summed E-state index contributed by atoms with van der Waals surface area (Å²) in [5.41, 5.74) is 2.54. The lowest BCUT2D eigenvalue weighted by Gasteiger charge is -2.14. The zero-order valence-corrected chi connectivity index (χ0v) is 18.3. The minimum absolute atomic E-state index is 0.0770. The van der Waals surface area contributed by atoms with Crippen molar-refractivity contribution in [2.75, 3.05) is 20.8 Å². The molecule has 4 heteroatoms. The predicted molar refractivity (Wildman–Crippen MR) is 123 cm³/mol. The maximum atomic E-state index is 12.5. The molecule has 0 fully saturated rings. The van der Waals surface area contributed by atoms with Crippen LogP contribution in [0, 0.1) is 0 Å². The zero-order chi connectivity index (χ0) is 21.8. The molecule has 0 aliphatic carbocycles. The van der Waals surface area contributed by atoms with Crippen molar-refractivity contribution >= 4 is 11.9 Å². The summed E-state index contributed by atoms with van der Waals surface area (Å²) < 4.78 is 16.7. The molecule has 0 aromatic heterocycles. The topological polar surface area (TPSA) is 44.8 Å². The molecule has 160 valence electrons. The van der Waals surface area contributed by atoms with Crippen LogP contribution in [-0.2, 0) is 6.42 Å². The van der Waals surface area contributed by atoms with E-state index in [2.05, 4.69) is 13.5 Å². The SMILES string of the molecule is C=CCOc1ccc(C(=O)/C=C/c2cc(OC)c(CCCCCC)c(OC)c2)cc1. The van der Waals surface area contributed by atoms with E-state index < -0.39 is 0 Å². The average molecular weight is 409 g/mol. The van der Waals surface area contributed by atoms with Gasteiger partial charge in [-0.2, -0.15) is 0 Å². The van der Waals surface area contributed by atoms with Gasteiger partial charge >= 0.3 is 0 Å². The van der Waals surface area contributed by atoms with E-state index in [0.29, 0.717) is 17.9 Å². The molecule has 0 bridgehead atoms. The minimum Gasteiger partial charge on any atom is -0.496 e. The third-order valence-electron chi connectivity index (χ3n) is 4.84. The number of carbonyl (C=O) groups is 1. The van der Waals surface area contributed by atoms with Crippen LogP contribution in [0.15, 0.2) is 55.1 Å². The van der Waals surface area contributed by atoms with E-state index >= 15 is 0 Å². The zero-order valence-electron chi connectivity index (χ0n) is 18.3. The summed E-state index contributed by atoms with van der Waals surface area (Å²) in [5, 5.41) is 0. The number of unbranched alkanes of at least 4 members (excludes halogenated alkanes) is 3. The molecule has 0 radical (unpaired) electrons. The molecule has 0 spiro atoms. The average Bonchev–Trinajstić information content (AvgIpc) is 2.79. The van der Waals surface area contributed by atoms with Crippen molar-refractivity contribution in [1.82, 2.24) is 0 Å². The fraction of sp³-hybridized carbons (Fsp3) is 0.346. The number of benzene rings is 2. The highest BCUT2D eigenvalue weighted by Crippen LogP contribution is 2.32. The Kier molecular flexibility index (Phi) is 9.72. The molecule has 4 nitrogen and oxygen atoms in total. The Morgan fingerprint density at radius 2 is 1.67 bits per heavy atom. The van der Waals surface area contributed by atoms with Crippen LogP contribution in [-0.4, -0.2) is 26.6 Å². The van der Waals surface area contributed by atoms with Crippen molar-refractivity contribution in [3.05, 3.63) is 71.8 Å². The van der Waals surface area contributed by atoms with Crippen LogP contribution in [0.3, 0.4) is 0 Å². The largest absolute Gasteiger partial charge is 0.496 e. The van der Waals surface area contributed by atoms with Crippen LogP contribution in [0.1, 0.15) is 54.1 Å². The maximum Gasteiger partial charge on any atom is 0.185 e. The quantitative estimate of drug-likeness (QED) is 0.169.